The second-order valence-electron chi connectivity index (χ2n) is 11.5. The normalized spacial score (nSPS) is 54.4. The zero-order valence-electron chi connectivity index (χ0n) is 20.9. The molecule has 1 spiro atoms. The standard InChI is InChI=1S/C27H38F2O5/c1-6-25(32-7-2)33-15-22(31)27(34-25)16(3)12-18-19-13-20(28)17-10-8-9-11-23(17,4)26(19,29)21(30)14-24(18,27)5/h9-11,16,18-21,30H,6-8,12-15H2,1-5H3/t16-,18-,19-,20-,21-,23-,24-,25?,26-,27-/m0/s1. The molecule has 3 saturated carbocycles. The lowest BCUT2D eigenvalue weighted by molar-refractivity contribution is -0.435. The predicted molar refractivity (Wildman–Crippen MR) is 122 cm³/mol. The third kappa shape index (κ3) is 2.70. The maximum atomic E-state index is 17.3. The molecule has 1 saturated heterocycles. The number of hydrogen-bond acceptors (Lipinski definition) is 5. The number of Topliss-reactive ketones (excluding diaryl/α,β-unsaturated/α-hetero) is 1. The topological polar surface area (TPSA) is 65.0 Å². The van der Waals surface area contributed by atoms with Crippen LogP contribution in [0.25, 0.3) is 0 Å². The average molecular weight is 481 g/mol. The molecule has 0 radical (unpaired) electrons. The van der Waals surface area contributed by atoms with Crippen molar-refractivity contribution < 1.29 is 32.9 Å². The van der Waals surface area contributed by atoms with Crippen LogP contribution in [-0.2, 0) is 19.0 Å². The first kappa shape index (κ1) is 24.5. The SMILES string of the molecule is CCOC1(CC)OCC(=O)[C@@]2(O1)[C@@H](C)C[C@H]1[C@@H]3C[C@H](F)C4=CCC=C[C@]4(C)[C@@]3(F)[C@@H](O)C[C@@]12C. The lowest BCUT2D eigenvalue weighted by Gasteiger charge is -2.64. The van der Waals surface area contributed by atoms with Crippen LogP contribution in [-0.4, -0.2) is 53.6 Å². The summed E-state index contributed by atoms with van der Waals surface area (Å²) in [6.45, 7) is 9.49. The number of hydrogen-bond donors (Lipinski definition) is 1. The van der Waals surface area contributed by atoms with E-state index in [1.807, 2.05) is 33.8 Å². The van der Waals surface area contributed by atoms with Crippen LogP contribution in [0.1, 0.15) is 66.7 Å². The number of allylic oxidation sites excluding steroid dienone is 4. The van der Waals surface area contributed by atoms with E-state index in [0.29, 0.717) is 31.4 Å². The molecule has 1 unspecified atom stereocenters. The lowest BCUT2D eigenvalue weighted by Crippen LogP contribution is -2.73. The Kier molecular flexibility index (Phi) is 5.54. The molecule has 5 aliphatic rings. The summed E-state index contributed by atoms with van der Waals surface area (Å²) < 4.78 is 51.2. The molecular weight excluding hydrogens is 442 g/mol. The number of aliphatic hydroxyl groups is 1. The summed E-state index contributed by atoms with van der Waals surface area (Å²) in [7, 11) is 0. The number of fused-ring (bicyclic) bond motifs is 6. The number of rotatable bonds is 3. The van der Waals surface area contributed by atoms with Crippen LogP contribution in [0.5, 0.6) is 0 Å². The molecule has 0 aromatic heterocycles. The van der Waals surface area contributed by atoms with Crippen LogP contribution in [0.15, 0.2) is 23.8 Å². The van der Waals surface area contributed by atoms with Crippen molar-refractivity contribution in [2.45, 2.75) is 96.2 Å². The fourth-order valence-electron chi connectivity index (χ4n) is 8.66. The summed E-state index contributed by atoms with van der Waals surface area (Å²) >= 11 is 0. The summed E-state index contributed by atoms with van der Waals surface area (Å²) in [5.41, 5.74) is -4.98. The molecule has 0 aromatic rings. The Balaban J connectivity index is 1.63. The van der Waals surface area contributed by atoms with Gasteiger partial charge < -0.3 is 19.3 Å². The van der Waals surface area contributed by atoms with Crippen molar-refractivity contribution in [1.82, 2.24) is 0 Å². The monoisotopic (exact) mass is 480 g/mol. The Morgan fingerprint density at radius 3 is 2.65 bits per heavy atom. The van der Waals surface area contributed by atoms with E-state index in [2.05, 4.69) is 0 Å². The van der Waals surface area contributed by atoms with Crippen LogP contribution in [0.3, 0.4) is 0 Å². The summed E-state index contributed by atoms with van der Waals surface area (Å²) in [5.74, 6) is -2.91. The number of halogens is 2. The van der Waals surface area contributed by atoms with Gasteiger partial charge in [0.05, 0.1) is 6.10 Å². The highest BCUT2D eigenvalue weighted by molar-refractivity contribution is 5.91. The minimum atomic E-state index is -2.02. The van der Waals surface area contributed by atoms with E-state index in [-0.39, 0.29) is 37.1 Å². The molecule has 34 heavy (non-hydrogen) atoms. The highest BCUT2D eigenvalue weighted by Crippen LogP contribution is 2.72. The molecule has 1 aliphatic heterocycles. The highest BCUT2D eigenvalue weighted by Gasteiger charge is 2.78. The third-order valence-corrected chi connectivity index (χ3v) is 10.2. The van der Waals surface area contributed by atoms with Gasteiger partial charge in [-0.1, -0.05) is 39.0 Å². The minimum Gasteiger partial charge on any atom is -0.390 e. The molecule has 190 valence electrons. The molecule has 1 heterocycles. The van der Waals surface area contributed by atoms with Gasteiger partial charge in [-0.3, -0.25) is 4.79 Å². The molecule has 10 atom stereocenters. The summed E-state index contributed by atoms with van der Waals surface area (Å²) in [6.07, 6.45) is 4.28. The highest BCUT2D eigenvalue weighted by atomic mass is 19.1. The summed E-state index contributed by atoms with van der Waals surface area (Å²) in [5, 5.41) is 11.6. The van der Waals surface area contributed by atoms with Gasteiger partial charge >= 0.3 is 0 Å². The second-order valence-corrected chi connectivity index (χ2v) is 11.5. The molecule has 4 aliphatic carbocycles. The Morgan fingerprint density at radius 1 is 1.24 bits per heavy atom. The smallest absolute Gasteiger partial charge is 0.284 e. The molecule has 5 nitrogen and oxygen atoms in total. The third-order valence-electron chi connectivity index (χ3n) is 10.2. The van der Waals surface area contributed by atoms with Crippen LogP contribution in [0, 0.1) is 28.6 Å². The molecule has 0 bridgehead atoms. The Bertz CT molecular complexity index is 936. The second kappa shape index (κ2) is 7.67. The Labute approximate surface area is 200 Å². The zero-order valence-corrected chi connectivity index (χ0v) is 20.9. The van der Waals surface area contributed by atoms with E-state index in [1.54, 1.807) is 19.1 Å². The number of ketones is 1. The van der Waals surface area contributed by atoms with E-state index in [9.17, 15) is 9.90 Å². The largest absolute Gasteiger partial charge is 0.390 e. The first-order valence-corrected chi connectivity index (χ1v) is 12.9. The Morgan fingerprint density at radius 2 is 1.97 bits per heavy atom. The molecule has 0 amide bonds. The molecule has 0 aromatic carbocycles. The maximum absolute atomic E-state index is 17.3. The van der Waals surface area contributed by atoms with Gasteiger partial charge in [-0.15, -0.1) is 0 Å². The predicted octanol–water partition coefficient (Wildman–Crippen LogP) is 4.83. The van der Waals surface area contributed by atoms with Crippen molar-refractivity contribution in [2.75, 3.05) is 13.2 Å². The van der Waals surface area contributed by atoms with E-state index < -0.39 is 46.3 Å². The average Bonchev–Trinajstić information content (AvgIpc) is 3.00. The molecular formula is C27H38F2O5. The van der Waals surface area contributed by atoms with Crippen LogP contribution >= 0.6 is 0 Å². The number of carbonyl (C=O) groups is 1. The maximum Gasteiger partial charge on any atom is 0.284 e. The summed E-state index contributed by atoms with van der Waals surface area (Å²) in [4.78, 5) is 13.6. The van der Waals surface area contributed by atoms with Crippen molar-refractivity contribution in [3.8, 4) is 0 Å². The van der Waals surface area contributed by atoms with Crippen LogP contribution < -0.4 is 0 Å². The van der Waals surface area contributed by atoms with Gasteiger partial charge in [0.15, 0.2) is 11.5 Å². The first-order chi connectivity index (χ1) is 16.0. The van der Waals surface area contributed by atoms with Gasteiger partial charge in [0, 0.05) is 29.8 Å². The minimum absolute atomic E-state index is 0.000944. The van der Waals surface area contributed by atoms with Crippen molar-refractivity contribution in [3.63, 3.8) is 0 Å². The molecule has 4 fully saturated rings. The molecule has 7 heteroatoms. The van der Waals surface area contributed by atoms with E-state index in [1.165, 1.54) is 0 Å². The van der Waals surface area contributed by atoms with Crippen LogP contribution in [0.4, 0.5) is 8.78 Å². The van der Waals surface area contributed by atoms with Crippen molar-refractivity contribution >= 4 is 5.78 Å². The van der Waals surface area contributed by atoms with Gasteiger partial charge in [-0.2, -0.15) is 0 Å². The van der Waals surface area contributed by atoms with Gasteiger partial charge in [0.1, 0.15) is 18.4 Å². The van der Waals surface area contributed by atoms with E-state index in [4.69, 9.17) is 14.2 Å². The molecule has 5 rings (SSSR count). The summed E-state index contributed by atoms with van der Waals surface area (Å²) in [6, 6.07) is 0. The van der Waals surface area contributed by atoms with E-state index >= 15 is 8.78 Å². The molecule has 1 N–H and O–H groups in total. The van der Waals surface area contributed by atoms with Gasteiger partial charge in [-0.05, 0) is 56.9 Å². The van der Waals surface area contributed by atoms with Crippen molar-refractivity contribution in [1.29, 1.82) is 0 Å². The van der Waals surface area contributed by atoms with Gasteiger partial charge in [0.2, 0.25) is 0 Å². The van der Waals surface area contributed by atoms with Crippen molar-refractivity contribution in [2.24, 2.45) is 28.6 Å². The fourth-order valence-corrected chi connectivity index (χ4v) is 8.66. The zero-order chi connectivity index (χ0) is 24.7. The number of aliphatic hydroxyl groups excluding tert-OH is 1. The van der Waals surface area contributed by atoms with Crippen molar-refractivity contribution in [3.05, 3.63) is 23.8 Å². The number of ether oxygens (including phenoxy) is 3. The lowest BCUT2D eigenvalue weighted by atomic mass is 9.44. The quantitative estimate of drug-likeness (QED) is 0.587. The van der Waals surface area contributed by atoms with Gasteiger partial charge in [-0.25, -0.2) is 8.78 Å². The number of carbonyl (C=O) groups excluding carboxylic acids is 1. The van der Waals surface area contributed by atoms with Crippen LogP contribution in [0.2, 0.25) is 0 Å². The first-order valence-electron chi connectivity index (χ1n) is 12.9. The Hall–Kier alpha value is -1.15. The van der Waals surface area contributed by atoms with Gasteiger partial charge in [0.25, 0.3) is 5.97 Å². The fraction of sp³-hybridized carbons (Fsp3) is 0.815. The van der Waals surface area contributed by atoms with E-state index in [0.717, 1.165) is 0 Å². The number of alkyl halides is 2.